The summed E-state index contributed by atoms with van der Waals surface area (Å²) in [6.07, 6.45) is 20.3. The first-order valence-electron chi connectivity index (χ1n) is 12.8. The molecule has 1 aliphatic heterocycles. The van der Waals surface area contributed by atoms with Crippen LogP contribution in [0.1, 0.15) is 73.1 Å². The van der Waals surface area contributed by atoms with Gasteiger partial charge in [-0.25, -0.2) is 9.69 Å². The van der Waals surface area contributed by atoms with Crippen LogP contribution in [0, 0.1) is 0 Å². The van der Waals surface area contributed by atoms with E-state index in [4.69, 9.17) is 9.16 Å². The number of amides is 2. The summed E-state index contributed by atoms with van der Waals surface area (Å²) in [5.74, 6) is -0.360. The second-order valence-corrected chi connectivity index (χ2v) is 15.7. The molecular weight excluding hydrogens is 454 g/mol. The minimum atomic E-state index is -1.69. The molecule has 0 spiro atoms. The third-order valence-electron chi connectivity index (χ3n) is 5.09. The van der Waals surface area contributed by atoms with Crippen LogP contribution < -0.4 is 0 Å². The van der Waals surface area contributed by atoms with Crippen molar-refractivity contribution in [3.8, 4) is 0 Å². The van der Waals surface area contributed by atoms with Crippen molar-refractivity contribution in [2.45, 2.75) is 104 Å². The van der Waals surface area contributed by atoms with Crippen molar-refractivity contribution in [1.29, 1.82) is 0 Å². The number of carbonyl (C=O) groups excluding carboxylic acids is 2. The second-order valence-electron chi connectivity index (χ2n) is 11.2. The van der Waals surface area contributed by atoms with Gasteiger partial charge in [-0.2, -0.15) is 0 Å². The van der Waals surface area contributed by atoms with E-state index >= 15 is 0 Å². The van der Waals surface area contributed by atoms with Gasteiger partial charge in [-0.1, -0.05) is 53.7 Å². The number of carbonyl (C=O) groups is 2. The quantitative estimate of drug-likeness (QED) is 0.285. The first kappa shape index (κ1) is 30.8. The van der Waals surface area contributed by atoms with Gasteiger partial charge in [0.05, 0.1) is 6.10 Å². The number of hydrogen-bond acceptors (Lipinski definition) is 4. The Kier molecular flexibility index (Phi) is 13.3. The highest BCUT2D eigenvalue weighted by Gasteiger charge is 2.25. The molecule has 0 unspecified atom stereocenters. The van der Waals surface area contributed by atoms with Gasteiger partial charge in [0.2, 0.25) is 0 Å². The van der Waals surface area contributed by atoms with Crippen molar-refractivity contribution in [2.24, 2.45) is 0 Å². The van der Waals surface area contributed by atoms with Gasteiger partial charge in [0.15, 0.2) is 8.32 Å². The molecule has 6 heteroatoms. The lowest BCUT2D eigenvalue weighted by Crippen LogP contribution is -2.40. The maximum atomic E-state index is 12.8. The van der Waals surface area contributed by atoms with E-state index in [0.717, 1.165) is 38.5 Å². The van der Waals surface area contributed by atoms with E-state index in [9.17, 15) is 9.59 Å². The van der Waals surface area contributed by atoms with Crippen LogP contribution in [0.5, 0.6) is 0 Å². The van der Waals surface area contributed by atoms with Crippen LogP contribution in [0.3, 0.4) is 0 Å². The Balaban J connectivity index is 3.08. The summed E-state index contributed by atoms with van der Waals surface area (Å²) in [5, 5.41) is 0. The minimum absolute atomic E-state index is 0.102. The molecule has 0 saturated heterocycles. The molecule has 0 N–H and O–H groups in total. The Bertz CT molecular complexity index is 838. The lowest BCUT2D eigenvalue weighted by Gasteiger charge is -2.25. The van der Waals surface area contributed by atoms with Crippen molar-refractivity contribution in [1.82, 2.24) is 4.90 Å². The van der Waals surface area contributed by atoms with Gasteiger partial charge in [-0.15, -0.1) is 0 Å². The maximum Gasteiger partial charge on any atom is 0.417 e. The largest absolute Gasteiger partial charge is 0.443 e. The molecule has 1 heterocycles. The highest BCUT2D eigenvalue weighted by molar-refractivity contribution is 6.69. The van der Waals surface area contributed by atoms with Crippen molar-refractivity contribution in [3.05, 3.63) is 59.8 Å². The van der Waals surface area contributed by atoms with Crippen LogP contribution in [0.4, 0.5) is 4.79 Å². The average Bonchev–Trinajstić information content (AvgIpc) is 2.70. The summed E-state index contributed by atoms with van der Waals surface area (Å²) in [6.45, 7) is 16.7. The Morgan fingerprint density at radius 2 is 1.71 bits per heavy atom. The Morgan fingerprint density at radius 3 is 2.37 bits per heavy atom. The van der Waals surface area contributed by atoms with Crippen LogP contribution in [-0.2, 0) is 14.0 Å². The fraction of sp³-hybridized carbons (Fsp3) is 0.586. The predicted molar refractivity (Wildman–Crippen MR) is 149 cm³/mol. The Labute approximate surface area is 214 Å². The fourth-order valence-electron chi connectivity index (χ4n) is 3.60. The number of nitrogens with zero attached hydrogens (tertiary/aromatic N) is 1. The summed E-state index contributed by atoms with van der Waals surface area (Å²) in [7, 11) is -1.69. The van der Waals surface area contributed by atoms with E-state index in [-0.39, 0.29) is 12.0 Å². The monoisotopic (exact) mass is 501 g/mol. The number of allylic oxidation sites excluding steroid dienone is 7. The van der Waals surface area contributed by atoms with Crippen LogP contribution in [0.2, 0.25) is 19.6 Å². The fourth-order valence-corrected chi connectivity index (χ4v) is 4.79. The topological polar surface area (TPSA) is 55.8 Å². The lowest BCUT2D eigenvalue weighted by atomic mass is 10.0. The second kappa shape index (κ2) is 15.0. The van der Waals surface area contributed by atoms with Crippen LogP contribution in [0.15, 0.2) is 59.8 Å². The summed E-state index contributed by atoms with van der Waals surface area (Å²) in [5.41, 5.74) is 2.01. The predicted octanol–water partition coefficient (Wildman–Crippen LogP) is 7.89. The van der Waals surface area contributed by atoms with Gasteiger partial charge in [-0.05, 0) is 92.8 Å². The normalized spacial score (nSPS) is 26.0. The number of ether oxygens (including phenoxy) is 1. The Hall–Kier alpha value is -2.18. The molecule has 5 nitrogen and oxygen atoms in total. The lowest BCUT2D eigenvalue weighted by molar-refractivity contribution is -0.125. The molecule has 0 fully saturated rings. The van der Waals surface area contributed by atoms with Gasteiger partial charge in [0.25, 0.3) is 5.91 Å². The van der Waals surface area contributed by atoms with Gasteiger partial charge in [0.1, 0.15) is 5.60 Å². The summed E-state index contributed by atoms with van der Waals surface area (Å²) in [4.78, 5) is 26.6. The molecule has 1 aliphatic rings. The van der Waals surface area contributed by atoms with E-state index in [1.54, 1.807) is 26.8 Å². The SMILES string of the molecule is C/C1=C\C=C\CCCCN(C(=O)OC(C)(C)C)C(=O)/C=C/C=C/C[C@@H](O[Si](C)(C)C)C/C=C(\C)C1. The van der Waals surface area contributed by atoms with E-state index < -0.39 is 20.0 Å². The van der Waals surface area contributed by atoms with Crippen molar-refractivity contribution >= 4 is 20.3 Å². The van der Waals surface area contributed by atoms with Gasteiger partial charge < -0.3 is 9.16 Å². The Morgan fingerprint density at radius 1 is 1.00 bits per heavy atom. The minimum Gasteiger partial charge on any atom is -0.443 e. The van der Waals surface area contributed by atoms with Gasteiger partial charge in [-0.3, -0.25) is 4.79 Å². The van der Waals surface area contributed by atoms with Crippen LogP contribution in [0.25, 0.3) is 0 Å². The number of rotatable bonds is 2. The molecule has 0 bridgehead atoms. The molecule has 0 saturated carbocycles. The van der Waals surface area contributed by atoms with E-state index in [2.05, 4.69) is 57.8 Å². The highest BCUT2D eigenvalue weighted by Crippen LogP contribution is 2.18. The molecule has 196 valence electrons. The zero-order valence-electron chi connectivity index (χ0n) is 23.2. The standard InChI is InChI=1S/C29H47NO4Si/c1-24-17-13-10-9-11-16-22-30(28(32)33-29(3,4)5)27(31)19-15-12-14-18-26(34-35(6,7)8)21-20-25(2)23-24/h10,12-15,17,19-20,26H,9,11,16,18,21-23H2,1-8H3/b13-10+,14-12+,19-15+,24-17+,25-20+/t26-/m1/s1. The van der Waals surface area contributed by atoms with Crippen molar-refractivity contribution in [2.75, 3.05) is 6.54 Å². The maximum absolute atomic E-state index is 12.8. The molecule has 35 heavy (non-hydrogen) atoms. The third kappa shape index (κ3) is 15.4. The summed E-state index contributed by atoms with van der Waals surface area (Å²) < 4.78 is 11.9. The molecule has 0 aliphatic carbocycles. The van der Waals surface area contributed by atoms with Crippen molar-refractivity contribution < 1.29 is 18.8 Å². The molecular formula is C29H47NO4Si. The molecule has 1 atom stereocenters. The number of imide groups is 1. The summed E-state index contributed by atoms with van der Waals surface area (Å²) >= 11 is 0. The molecule has 0 aromatic rings. The van der Waals surface area contributed by atoms with Crippen LogP contribution in [-0.4, -0.2) is 43.5 Å². The smallest absolute Gasteiger partial charge is 0.417 e. The molecule has 0 aromatic carbocycles. The van der Waals surface area contributed by atoms with Gasteiger partial charge >= 0.3 is 6.09 Å². The highest BCUT2D eigenvalue weighted by atomic mass is 28.4. The molecule has 0 aromatic heterocycles. The zero-order valence-corrected chi connectivity index (χ0v) is 24.2. The molecule has 1 rings (SSSR count). The van der Waals surface area contributed by atoms with Crippen molar-refractivity contribution in [3.63, 3.8) is 0 Å². The number of hydrogen-bond donors (Lipinski definition) is 0. The first-order chi connectivity index (χ1) is 16.3. The van der Waals surface area contributed by atoms with E-state index in [1.807, 2.05) is 12.2 Å². The van der Waals surface area contributed by atoms with Crippen LogP contribution >= 0.6 is 0 Å². The first-order valence-corrected chi connectivity index (χ1v) is 16.2. The third-order valence-corrected chi connectivity index (χ3v) is 6.13. The van der Waals surface area contributed by atoms with E-state index in [1.165, 1.54) is 22.1 Å². The zero-order chi connectivity index (χ0) is 26.5. The van der Waals surface area contributed by atoms with Gasteiger partial charge in [0, 0.05) is 12.6 Å². The molecule has 0 radical (unpaired) electrons. The summed E-state index contributed by atoms with van der Waals surface area (Å²) in [6, 6.07) is 0. The van der Waals surface area contributed by atoms with E-state index in [0.29, 0.717) is 6.54 Å². The average molecular weight is 502 g/mol. The molecule has 2 amide bonds.